The summed E-state index contributed by atoms with van der Waals surface area (Å²) in [5.74, 6) is 2.37. The Hall–Kier alpha value is -2.24. The molecule has 0 bridgehead atoms. The zero-order valence-electron chi connectivity index (χ0n) is 16.9. The number of carbonyl (C=O) groups excluding carboxylic acids is 2. The third-order valence-electron chi connectivity index (χ3n) is 6.54. The molecule has 0 aromatic heterocycles. The summed E-state index contributed by atoms with van der Waals surface area (Å²) < 4.78 is 10.9. The van der Waals surface area contributed by atoms with Crippen LogP contribution in [-0.4, -0.2) is 55.5 Å². The Bertz CT molecular complexity index is 761. The van der Waals surface area contributed by atoms with Gasteiger partial charge in [-0.15, -0.1) is 0 Å². The van der Waals surface area contributed by atoms with E-state index < -0.39 is 5.41 Å². The van der Waals surface area contributed by atoms with Crippen LogP contribution in [0.4, 0.5) is 0 Å². The van der Waals surface area contributed by atoms with Crippen LogP contribution >= 0.6 is 0 Å². The highest BCUT2D eigenvalue weighted by molar-refractivity contribution is 5.86. The maximum atomic E-state index is 13.4. The Balaban J connectivity index is 1.47. The van der Waals surface area contributed by atoms with Crippen molar-refractivity contribution >= 4 is 11.8 Å². The second kappa shape index (κ2) is 7.64. The van der Waals surface area contributed by atoms with E-state index >= 15 is 0 Å². The molecule has 4 rings (SSSR count). The van der Waals surface area contributed by atoms with Crippen LogP contribution in [0.5, 0.6) is 11.5 Å². The van der Waals surface area contributed by atoms with Gasteiger partial charge < -0.3 is 19.3 Å². The van der Waals surface area contributed by atoms with Crippen LogP contribution in [0.1, 0.15) is 44.1 Å². The lowest BCUT2D eigenvalue weighted by molar-refractivity contribution is -0.146. The summed E-state index contributed by atoms with van der Waals surface area (Å²) in [5, 5.41) is 0. The van der Waals surface area contributed by atoms with Gasteiger partial charge in [0.2, 0.25) is 11.8 Å². The standard InChI is InChI=1S/C22H30N2O4/c1-27-18-6-3-5-17(20(18)28-2)14-23-11-4-9-22(21(23)26)10-12-24(15-22)19(25)13-16-7-8-16/h3,5-6,16H,4,7-15H2,1-2H3/t22-/m0/s1. The molecule has 0 radical (unpaired) electrons. The van der Waals surface area contributed by atoms with E-state index in [1.165, 1.54) is 12.8 Å². The van der Waals surface area contributed by atoms with Crippen molar-refractivity contribution in [3.63, 3.8) is 0 Å². The summed E-state index contributed by atoms with van der Waals surface area (Å²) in [6.07, 6.45) is 5.66. The third-order valence-corrected chi connectivity index (χ3v) is 6.54. The summed E-state index contributed by atoms with van der Waals surface area (Å²) in [4.78, 5) is 29.8. The highest BCUT2D eigenvalue weighted by Crippen LogP contribution is 2.42. The van der Waals surface area contributed by atoms with Gasteiger partial charge in [0.05, 0.1) is 19.6 Å². The summed E-state index contributed by atoms with van der Waals surface area (Å²) >= 11 is 0. The molecule has 3 aliphatic rings. The van der Waals surface area contributed by atoms with Crippen molar-refractivity contribution in [3.8, 4) is 11.5 Å². The topological polar surface area (TPSA) is 59.1 Å². The first-order chi connectivity index (χ1) is 13.6. The van der Waals surface area contributed by atoms with E-state index in [1.54, 1.807) is 14.2 Å². The minimum absolute atomic E-state index is 0.186. The summed E-state index contributed by atoms with van der Waals surface area (Å²) in [7, 11) is 3.25. The van der Waals surface area contributed by atoms with Gasteiger partial charge in [-0.05, 0) is 44.1 Å². The summed E-state index contributed by atoms with van der Waals surface area (Å²) in [5.41, 5.74) is 0.552. The molecule has 1 aromatic rings. The number of likely N-dealkylation sites (tertiary alicyclic amines) is 2. The molecular weight excluding hydrogens is 356 g/mol. The molecule has 2 amide bonds. The smallest absolute Gasteiger partial charge is 0.230 e. The van der Waals surface area contributed by atoms with E-state index in [1.807, 2.05) is 28.0 Å². The number of para-hydroxylation sites is 1. The Morgan fingerprint density at radius 1 is 1.18 bits per heavy atom. The Kier molecular flexibility index (Phi) is 5.21. The van der Waals surface area contributed by atoms with Gasteiger partial charge in [-0.3, -0.25) is 9.59 Å². The average Bonchev–Trinajstić information content (AvgIpc) is 3.42. The van der Waals surface area contributed by atoms with Crippen molar-refractivity contribution in [2.45, 2.75) is 45.1 Å². The SMILES string of the molecule is COc1cccc(CN2CCC[C@@]3(CCN(C(=O)CC4CC4)C3)C2=O)c1OC. The highest BCUT2D eigenvalue weighted by atomic mass is 16.5. The van der Waals surface area contributed by atoms with Crippen molar-refractivity contribution < 1.29 is 19.1 Å². The first-order valence-electron chi connectivity index (χ1n) is 10.3. The van der Waals surface area contributed by atoms with Crippen LogP contribution in [0, 0.1) is 11.3 Å². The summed E-state index contributed by atoms with van der Waals surface area (Å²) in [6, 6.07) is 5.77. The van der Waals surface area contributed by atoms with Crippen LogP contribution in [0.15, 0.2) is 18.2 Å². The predicted molar refractivity (Wildman–Crippen MR) is 105 cm³/mol. The molecule has 28 heavy (non-hydrogen) atoms. The van der Waals surface area contributed by atoms with Gasteiger partial charge in [0, 0.05) is 38.2 Å². The number of amides is 2. The fourth-order valence-corrected chi connectivity index (χ4v) is 4.75. The van der Waals surface area contributed by atoms with Crippen molar-refractivity contribution in [2.24, 2.45) is 11.3 Å². The number of ether oxygens (including phenoxy) is 2. The van der Waals surface area contributed by atoms with E-state index in [0.717, 1.165) is 31.4 Å². The number of hydrogen-bond donors (Lipinski definition) is 0. The van der Waals surface area contributed by atoms with Crippen LogP contribution < -0.4 is 9.47 Å². The molecule has 1 aliphatic carbocycles. The second-order valence-corrected chi connectivity index (χ2v) is 8.48. The van der Waals surface area contributed by atoms with E-state index in [4.69, 9.17) is 9.47 Å². The zero-order chi connectivity index (χ0) is 19.7. The van der Waals surface area contributed by atoms with E-state index in [2.05, 4.69) is 0 Å². The second-order valence-electron chi connectivity index (χ2n) is 8.48. The van der Waals surface area contributed by atoms with Crippen molar-refractivity contribution in [1.29, 1.82) is 0 Å². The van der Waals surface area contributed by atoms with Crippen LogP contribution in [0.25, 0.3) is 0 Å². The molecule has 0 N–H and O–H groups in total. The molecule has 2 saturated heterocycles. The Morgan fingerprint density at radius 3 is 2.71 bits per heavy atom. The first kappa shape index (κ1) is 19.1. The maximum absolute atomic E-state index is 13.4. The monoisotopic (exact) mass is 386 g/mol. The minimum Gasteiger partial charge on any atom is -0.493 e. The quantitative estimate of drug-likeness (QED) is 0.754. The Morgan fingerprint density at radius 2 is 2.00 bits per heavy atom. The molecule has 2 heterocycles. The molecule has 6 nitrogen and oxygen atoms in total. The van der Waals surface area contributed by atoms with E-state index in [9.17, 15) is 9.59 Å². The minimum atomic E-state index is -0.399. The lowest BCUT2D eigenvalue weighted by Crippen LogP contribution is -2.50. The number of rotatable bonds is 6. The zero-order valence-corrected chi connectivity index (χ0v) is 16.9. The molecule has 1 atom stereocenters. The van der Waals surface area contributed by atoms with Gasteiger partial charge in [0.1, 0.15) is 0 Å². The number of piperidine rings is 1. The Labute approximate surface area is 166 Å². The predicted octanol–water partition coefficient (Wildman–Crippen LogP) is 2.85. The van der Waals surface area contributed by atoms with Crippen molar-refractivity contribution in [3.05, 3.63) is 23.8 Å². The van der Waals surface area contributed by atoms with Gasteiger partial charge in [0.25, 0.3) is 0 Å². The van der Waals surface area contributed by atoms with Gasteiger partial charge in [-0.2, -0.15) is 0 Å². The number of hydrogen-bond acceptors (Lipinski definition) is 4. The number of nitrogens with zero attached hydrogens (tertiary/aromatic N) is 2. The average molecular weight is 386 g/mol. The summed E-state index contributed by atoms with van der Waals surface area (Å²) in [6.45, 7) is 2.56. The van der Waals surface area contributed by atoms with Crippen LogP contribution in [0.2, 0.25) is 0 Å². The maximum Gasteiger partial charge on any atom is 0.230 e. The lowest BCUT2D eigenvalue weighted by Gasteiger charge is -2.39. The van der Waals surface area contributed by atoms with Gasteiger partial charge in [0.15, 0.2) is 11.5 Å². The number of methoxy groups -OCH3 is 2. The normalized spacial score (nSPS) is 24.7. The fraction of sp³-hybridized carbons (Fsp3) is 0.636. The molecule has 1 spiro atoms. The fourth-order valence-electron chi connectivity index (χ4n) is 4.75. The molecule has 2 aliphatic heterocycles. The van der Waals surface area contributed by atoms with Crippen LogP contribution in [0.3, 0.4) is 0 Å². The van der Waals surface area contributed by atoms with Gasteiger partial charge >= 0.3 is 0 Å². The van der Waals surface area contributed by atoms with Gasteiger partial charge in [-0.25, -0.2) is 0 Å². The first-order valence-corrected chi connectivity index (χ1v) is 10.3. The van der Waals surface area contributed by atoms with Gasteiger partial charge in [-0.1, -0.05) is 12.1 Å². The third kappa shape index (κ3) is 3.56. The molecule has 0 unspecified atom stereocenters. The molecule has 1 aromatic carbocycles. The molecule has 1 saturated carbocycles. The molecule has 6 heteroatoms. The van der Waals surface area contributed by atoms with E-state index in [0.29, 0.717) is 43.5 Å². The molecule has 3 fully saturated rings. The largest absolute Gasteiger partial charge is 0.493 e. The molecule has 152 valence electrons. The molecular formula is C22H30N2O4. The van der Waals surface area contributed by atoms with Crippen molar-refractivity contribution in [1.82, 2.24) is 9.80 Å². The van der Waals surface area contributed by atoms with Crippen molar-refractivity contribution in [2.75, 3.05) is 33.9 Å². The van der Waals surface area contributed by atoms with Crippen LogP contribution in [-0.2, 0) is 16.1 Å². The number of benzene rings is 1. The van der Waals surface area contributed by atoms with E-state index in [-0.39, 0.29) is 11.8 Å². The lowest BCUT2D eigenvalue weighted by atomic mass is 9.78. The highest BCUT2D eigenvalue weighted by Gasteiger charge is 2.49. The number of carbonyl (C=O) groups is 2.